The van der Waals surface area contributed by atoms with Crippen LogP contribution in [0, 0.1) is 17.8 Å². The number of halogens is 1. The van der Waals surface area contributed by atoms with Crippen LogP contribution in [-0.2, 0) is 19.2 Å². The number of imide groups is 1. The number of carbonyl (C=O) groups excluding carboxylic acids is 4. The van der Waals surface area contributed by atoms with Gasteiger partial charge in [0.1, 0.15) is 5.75 Å². The topological polar surface area (TPSA) is 84.0 Å². The van der Waals surface area contributed by atoms with Crippen molar-refractivity contribution in [3.05, 3.63) is 124 Å². The van der Waals surface area contributed by atoms with Gasteiger partial charge in [0.05, 0.1) is 23.4 Å². The van der Waals surface area contributed by atoms with E-state index in [4.69, 9.17) is 16.3 Å². The molecule has 0 spiro atoms. The van der Waals surface area contributed by atoms with Gasteiger partial charge in [0.25, 0.3) is 0 Å². The van der Waals surface area contributed by atoms with Crippen LogP contribution in [0.2, 0.25) is 5.02 Å². The standard InChI is InChI=1S/C35H25ClN2O5/c36-20-7-5-8-21(16-20)37-18-19(15-28(37)39)35(42)43-23-10-6-9-22(17-23)38-33(40)31-29-24-11-1-2-12-25(24)30(32(31)34(38)41)27-14-4-3-13-26(27)29/h1-14,16-17,19,29-32H,15,18H2/t19-,29?,30?,31-,32+/m0/s1. The van der Waals surface area contributed by atoms with Gasteiger partial charge in [-0.05, 0) is 52.6 Å². The number of carbonyl (C=O) groups is 4. The molecule has 212 valence electrons. The summed E-state index contributed by atoms with van der Waals surface area (Å²) >= 11 is 6.09. The van der Waals surface area contributed by atoms with E-state index >= 15 is 0 Å². The minimum atomic E-state index is -0.666. The molecule has 4 aromatic rings. The zero-order valence-electron chi connectivity index (χ0n) is 22.9. The quantitative estimate of drug-likeness (QED) is 0.174. The number of rotatable bonds is 4. The van der Waals surface area contributed by atoms with Crippen molar-refractivity contribution in [3.63, 3.8) is 0 Å². The lowest BCUT2D eigenvalue weighted by molar-refractivity contribution is -0.139. The second kappa shape index (κ2) is 9.64. The highest BCUT2D eigenvalue weighted by atomic mass is 35.5. The third-order valence-electron chi connectivity index (χ3n) is 9.32. The van der Waals surface area contributed by atoms with Gasteiger partial charge in [0, 0.05) is 41.6 Å². The lowest BCUT2D eigenvalue weighted by atomic mass is 9.55. The molecule has 3 atom stereocenters. The summed E-state index contributed by atoms with van der Waals surface area (Å²) in [7, 11) is 0. The van der Waals surface area contributed by atoms with E-state index < -0.39 is 23.7 Å². The van der Waals surface area contributed by atoms with E-state index in [0.717, 1.165) is 22.3 Å². The SMILES string of the molecule is O=C(Oc1cccc(N2C(=O)[C@@H]3C4c5ccccc5C(c5ccccc54)[C@@H]3C2=O)c1)[C@H]1CC(=O)N(c2cccc(Cl)c2)C1. The smallest absolute Gasteiger partial charge is 0.316 e. The summed E-state index contributed by atoms with van der Waals surface area (Å²) in [5, 5.41) is 0.500. The average molecular weight is 589 g/mol. The zero-order chi connectivity index (χ0) is 29.4. The Bertz CT molecular complexity index is 1750. The maximum Gasteiger partial charge on any atom is 0.316 e. The minimum absolute atomic E-state index is 0.0153. The van der Waals surface area contributed by atoms with E-state index in [1.54, 1.807) is 48.5 Å². The van der Waals surface area contributed by atoms with Crippen molar-refractivity contribution in [1.82, 2.24) is 0 Å². The maximum atomic E-state index is 14.1. The predicted molar refractivity (Wildman–Crippen MR) is 160 cm³/mol. The first-order chi connectivity index (χ1) is 20.9. The minimum Gasteiger partial charge on any atom is -0.426 e. The highest BCUT2D eigenvalue weighted by Crippen LogP contribution is 2.61. The van der Waals surface area contributed by atoms with Crippen LogP contribution >= 0.6 is 11.6 Å². The molecule has 3 amide bonds. The van der Waals surface area contributed by atoms with Crippen LogP contribution in [-0.4, -0.2) is 30.2 Å². The Labute approximate surface area is 252 Å². The molecule has 0 N–H and O–H groups in total. The molecule has 0 unspecified atom stereocenters. The third-order valence-corrected chi connectivity index (χ3v) is 9.56. The van der Waals surface area contributed by atoms with Crippen molar-refractivity contribution in [2.24, 2.45) is 17.8 Å². The fraction of sp³-hybridized carbons (Fsp3) is 0.200. The molecule has 2 aliphatic heterocycles. The molecule has 2 fully saturated rings. The van der Waals surface area contributed by atoms with Gasteiger partial charge in [-0.15, -0.1) is 0 Å². The number of anilines is 2. The second-order valence-corrected chi connectivity index (χ2v) is 12.0. The molecule has 4 aromatic carbocycles. The molecule has 0 aromatic heterocycles. The Balaban J connectivity index is 1.06. The van der Waals surface area contributed by atoms with Gasteiger partial charge < -0.3 is 9.64 Å². The summed E-state index contributed by atoms with van der Waals surface area (Å²) in [5.41, 5.74) is 5.42. The molecule has 3 aliphatic carbocycles. The number of esters is 1. The fourth-order valence-corrected chi connectivity index (χ4v) is 7.76. The molecule has 0 saturated carbocycles. The summed E-state index contributed by atoms with van der Waals surface area (Å²) in [6.45, 7) is 0.175. The van der Waals surface area contributed by atoms with Crippen molar-refractivity contribution in [2.45, 2.75) is 18.3 Å². The summed E-state index contributed by atoms with van der Waals surface area (Å²) in [6.07, 6.45) is 0.0153. The van der Waals surface area contributed by atoms with Crippen LogP contribution < -0.4 is 14.5 Å². The number of hydrogen-bond acceptors (Lipinski definition) is 5. The number of nitrogens with zero attached hydrogens (tertiary/aromatic N) is 2. The molecular formula is C35H25ClN2O5. The van der Waals surface area contributed by atoms with Crippen LogP contribution in [0.3, 0.4) is 0 Å². The number of ether oxygens (including phenoxy) is 1. The summed E-state index contributed by atoms with van der Waals surface area (Å²) in [4.78, 5) is 56.8. The van der Waals surface area contributed by atoms with Crippen molar-refractivity contribution < 1.29 is 23.9 Å². The monoisotopic (exact) mass is 588 g/mol. The molecule has 2 saturated heterocycles. The molecule has 43 heavy (non-hydrogen) atoms. The van der Waals surface area contributed by atoms with Gasteiger partial charge >= 0.3 is 5.97 Å². The van der Waals surface area contributed by atoms with Gasteiger partial charge in [-0.1, -0.05) is 72.3 Å². The molecule has 0 radical (unpaired) electrons. The Hall–Kier alpha value is -4.75. The number of hydrogen-bond donors (Lipinski definition) is 0. The lowest BCUT2D eigenvalue weighted by Crippen LogP contribution is -2.41. The Morgan fingerprint density at radius 3 is 1.84 bits per heavy atom. The van der Waals surface area contributed by atoms with Gasteiger partial charge in [0.15, 0.2) is 0 Å². The van der Waals surface area contributed by atoms with Crippen molar-refractivity contribution in [1.29, 1.82) is 0 Å². The predicted octanol–water partition coefficient (Wildman–Crippen LogP) is 5.70. The van der Waals surface area contributed by atoms with E-state index in [0.29, 0.717) is 16.4 Å². The molecule has 7 nitrogen and oxygen atoms in total. The molecule has 2 heterocycles. The Morgan fingerprint density at radius 1 is 0.698 bits per heavy atom. The van der Waals surface area contributed by atoms with Crippen molar-refractivity contribution in [3.8, 4) is 5.75 Å². The van der Waals surface area contributed by atoms with Crippen LogP contribution in [0.4, 0.5) is 11.4 Å². The maximum absolute atomic E-state index is 14.1. The van der Waals surface area contributed by atoms with Crippen molar-refractivity contribution >= 4 is 46.7 Å². The van der Waals surface area contributed by atoms with E-state index in [2.05, 4.69) is 24.3 Å². The second-order valence-electron chi connectivity index (χ2n) is 11.6. The summed E-state index contributed by atoms with van der Waals surface area (Å²) in [5.74, 6) is -3.09. The molecule has 5 aliphatic rings. The Kier molecular flexibility index (Phi) is 5.81. The number of benzene rings is 4. The van der Waals surface area contributed by atoms with Gasteiger partial charge in [-0.3, -0.25) is 19.2 Å². The first-order valence-corrected chi connectivity index (χ1v) is 14.7. The summed E-state index contributed by atoms with van der Waals surface area (Å²) in [6, 6.07) is 29.7. The van der Waals surface area contributed by atoms with Gasteiger partial charge in [0.2, 0.25) is 17.7 Å². The van der Waals surface area contributed by atoms with E-state index in [9.17, 15) is 19.2 Å². The Morgan fingerprint density at radius 2 is 1.26 bits per heavy atom. The van der Waals surface area contributed by atoms with Gasteiger partial charge in [-0.2, -0.15) is 0 Å². The first kappa shape index (κ1) is 25.9. The molecule has 8 heteroatoms. The highest BCUT2D eigenvalue weighted by Gasteiger charge is 2.61. The van der Waals surface area contributed by atoms with E-state index in [1.807, 2.05) is 24.3 Å². The average Bonchev–Trinajstić information content (AvgIpc) is 3.54. The first-order valence-electron chi connectivity index (χ1n) is 14.3. The van der Waals surface area contributed by atoms with Crippen LogP contribution in [0.15, 0.2) is 97.1 Å². The van der Waals surface area contributed by atoms with Gasteiger partial charge in [-0.25, -0.2) is 4.90 Å². The normalized spacial score (nSPS) is 25.0. The summed E-state index contributed by atoms with van der Waals surface area (Å²) < 4.78 is 5.71. The third kappa shape index (κ3) is 3.88. The largest absolute Gasteiger partial charge is 0.426 e. The molecule has 9 rings (SSSR count). The highest BCUT2D eigenvalue weighted by molar-refractivity contribution is 6.31. The van der Waals surface area contributed by atoms with Crippen molar-refractivity contribution in [2.75, 3.05) is 16.3 Å². The molecular weight excluding hydrogens is 564 g/mol. The van der Waals surface area contributed by atoms with E-state index in [-0.39, 0.29) is 48.3 Å². The van der Waals surface area contributed by atoms with E-state index in [1.165, 1.54) is 9.80 Å². The number of amides is 3. The molecule has 2 bridgehead atoms. The lowest BCUT2D eigenvalue weighted by Gasteiger charge is -2.45. The van der Waals surface area contributed by atoms with Crippen LogP contribution in [0.1, 0.15) is 40.5 Å². The fourth-order valence-electron chi connectivity index (χ4n) is 7.58. The van der Waals surface area contributed by atoms with Crippen LogP contribution in [0.5, 0.6) is 5.75 Å². The van der Waals surface area contributed by atoms with Crippen LogP contribution in [0.25, 0.3) is 0 Å². The zero-order valence-corrected chi connectivity index (χ0v) is 23.6.